The number of aryl methyl sites for hydroxylation is 2. The van der Waals surface area contributed by atoms with E-state index in [2.05, 4.69) is 5.32 Å². The normalized spacial score (nSPS) is 10.2. The Morgan fingerprint density at radius 1 is 1.08 bits per heavy atom. The van der Waals surface area contributed by atoms with E-state index in [4.69, 9.17) is 9.84 Å². The molecule has 0 unspecified atom stereocenters. The van der Waals surface area contributed by atoms with Crippen LogP contribution in [0.4, 0.5) is 0 Å². The lowest BCUT2D eigenvalue weighted by Gasteiger charge is -2.09. The number of nitrogens with one attached hydrogen (secondary N) is 1. The zero-order valence-corrected chi connectivity index (χ0v) is 13.8. The standard InChI is InChI=1S/C19H21NO4/c1-13-3-4-15(11-17(13)24-2)12-20-18(21)10-7-14-5-8-16(9-6-14)19(22)23/h3-6,8-9,11H,7,10,12H2,1-2H3,(H,20,21)(H,22,23). The predicted molar refractivity (Wildman–Crippen MR) is 91.3 cm³/mol. The number of benzene rings is 2. The molecule has 2 aromatic rings. The van der Waals surface area contributed by atoms with Crippen LogP contribution in [0.15, 0.2) is 42.5 Å². The minimum Gasteiger partial charge on any atom is -0.496 e. The van der Waals surface area contributed by atoms with Crippen molar-refractivity contribution in [3.63, 3.8) is 0 Å². The van der Waals surface area contributed by atoms with Crippen molar-refractivity contribution < 1.29 is 19.4 Å². The Kier molecular flexibility index (Phi) is 5.95. The van der Waals surface area contributed by atoms with Crippen molar-refractivity contribution in [1.82, 2.24) is 5.32 Å². The maximum atomic E-state index is 11.9. The molecule has 0 fully saturated rings. The highest BCUT2D eigenvalue weighted by atomic mass is 16.5. The number of carbonyl (C=O) groups excluding carboxylic acids is 1. The van der Waals surface area contributed by atoms with E-state index < -0.39 is 5.97 Å². The van der Waals surface area contributed by atoms with E-state index in [0.29, 0.717) is 19.4 Å². The van der Waals surface area contributed by atoms with Crippen LogP contribution in [0, 0.1) is 6.92 Å². The van der Waals surface area contributed by atoms with Crippen molar-refractivity contribution in [3.8, 4) is 5.75 Å². The largest absolute Gasteiger partial charge is 0.496 e. The van der Waals surface area contributed by atoms with Gasteiger partial charge in [-0.3, -0.25) is 4.79 Å². The van der Waals surface area contributed by atoms with Gasteiger partial charge in [0.05, 0.1) is 12.7 Å². The number of hydrogen-bond donors (Lipinski definition) is 2. The molecule has 0 aliphatic rings. The van der Waals surface area contributed by atoms with E-state index in [-0.39, 0.29) is 11.5 Å². The highest BCUT2D eigenvalue weighted by Gasteiger charge is 2.06. The summed E-state index contributed by atoms with van der Waals surface area (Å²) in [6, 6.07) is 12.4. The van der Waals surface area contributed by atoms with Gasteiger partial charge in [0.15, 0.2) is 0 Å². The monoisotopic (exact) mass is 327 g/mol. The smallest absolute Gasteiger partial charge is 0.335 e. The quantitative estimate of drug-likeness (QED) is 0.820. The summed E-state index contributed by atoms with van der Waals surface area (Å²) in [7, 11) is 1.63. The van der Waals surface area contributed by atoms with Crippen molar-refractivity contribution in [2.75, 3.05) is 7.11 Å². The molecule has 126 valence electrons. The average molecular weight is 327 g/mol. The molecular weight excluding hydrogens is 306 g/mol. The first-order valence-electron chi connectivity index (χ1n) is 7.72. The maximum Gasteiger partial charge on any atom is 0.335 e. The van der Waals surface area contributed by atoms with Gasteiger partial charge in [-0.2, -0.15) is 0 Å². The topological polar surface area (TPSA) is 75.6 Å². The van der Waals surface area contributed by atoms with Crippen molar-refractivity contribution in [2.24, 2.45) is 0 Å². The molecule has 0 spiro atoms. The first-order chi connectivity index (χ1) is 11.5. The fourth-order valence-electron chi connectivity index (χ4n) is 2.34. The molecule has 0 radical (unpaired) electrons. The third kappa shape index (κ3) is 4.84. The van der Waals surface area contributed by atoms with Crippen LogP contribution in [0.25, 0.3) is 0 Å². The molecule has 2 aromatic carbocycles. The molecule has 1 amide bonds. The third-order valence-electron chi connectivity index (χ3n) is 3.80. The zero-order chi connectivity index (χ0) is 17.5. The molecule has 2 N–H and O–H groups in total. The highest BCUT2D eigenvalue weighted by molar-refractivity contribution is 5.87. The minimum atomic E-state index is -0.951. The maximum absolute atomic E-state index is 11.9. The molecular formula is C19H21NO4. The average Bonchev–Trinajstić information content (AvgIpc) is 2.59. The van der Waals surface area contributed by atoms with Gasteiger partial charge < -0.3 is 15.2 Å². The Bertz CT molecular complexity index is 723. The first kappa shape index (κ1) is 17.5. The van der Waals surface area contributed by atoms with Crippen LogP contribution in [-0.2, 0) is 17.8 Å². The number of methoxy groups -OCH3 is 1. The Balaban J connectivity index is 1.82. The van der Waals surface area contributed by atoms with Gasteiger partial charge in [0.2, 0.25) is 5.91 Å². The van der Waals surface area contributed by atoms with Gasteiger partial charge in [0, 0.05) is 13.0 Å². The Hall–Kier alpha value is -2.82. The number of carbonyl (C=O) groups is 2. The molecule has 0 aliphatic heterocycles. The Labute approximate surface area is 141 Å². The lowest BCUT2D eigenvalue weighted by atomic mass is 10.1. The molecule has 0 saturated carbocycles. The molecule has 5 nitrogen and oxygen atoms in total. The van der Waals surface area contributed by atoms with Crippen LogP contribution in [0.5, 0.6) is 5.75 Å². The summed E-state index contributed by atoms with van der Waals surface area (Å²) in [6.07, 6.45) is 0.929. The van der Waals surface area contributed by atoms with Crippen molar-refractivity contribution in [3.05, 3.63) is 64.7 Å². The van der Waals surface area contributed by atoms with E-state index in [1.54, 1.807) is 31.4 Å². The molecule has 5 heteroatoms. The SMILES string of the molecule is COc1cc(CNC(=O)CCc2ccc(C(=O)O)cc2)ccc1C. The van der Waals surface area contributed by atoms with E-state index in [1.165, 1.54) is 0 Å². The second kappa shape index (κ2) is 8.15. The first-order valence-corrected chi connectivity index (χ1v) is 7.72. The van der Waals surface area contributed by atoms with Gasteiger partial charge in [-0.15, -0.1) is 0 Å². The van der Waals surface area contributed by atoms with Gasteiger partial charge in [0.25, 0.3) is 0 Å². The molecule has 2 rings (SSSR count). The number of rotatable bonds is 7. The van der Waals surface area contributed by atoms with Crippen LogP contribution in [0.1, 0.15) is 33.5 Å². The summed E-state index contributed by atoms with van der Waals surface area (Å²) in [5.41, 5.74) is 3.22. The number of hydrogen-bond acceptors (Lipinski definition) is 3. The summed E-state index contributed by atoms with van der Waals surface area (Å²) in [5, 5.41) is 11.7. The van der Waals surface area contributed by atoms with Crippen LogP contribution >= 0.6 is 0 Å². The van der Waals surface area contributed by atoms with Crippen molar-refractivity contribution >= 4 is 11.9 Å². The Morgan fingerprint density at radius 2 is 1.75 bits per heavy atom. The van der Waals surface area contributed by atoms with Gasteiger partial charge >= 0.3 is 5.97 Å². The second-order valence-corrected chi connectivity index (χ2v) is 5.58. The fourth-order valence-corrected chi connectivity index (χ4v) is 2.34. The van der Waals surface area contributed by atoms with Gasteiger partial charge in [-0.05, 0) is 48.2 Å². The molecule has 0 atom stereocenters. The lowest BCUT2D eigenvalue weighted by Crippen LogP contribution is -2.23. The number of carboxylic acid groups (broad SMARTS) is 1. The lowest BCUT2D eigenvalue weighted by molar-refractivity contribution is -0.121. The van der Waals surface area contributed by atoms with Gasteiger partial charge in [-0.1, -0.05) is 24.3 Å². The van der Waals surface area contributed by atoms with E-state index in [1.807, 2.05) is 25.1 Å². The number of carboxylic acids is 1. The van der Waals surface area contributed by atoms with E-state index >= 15 is 0 Å². The van der Waals surface area contributed by atoms with Gasteiger partial charge in [0.1, 0.15) is 5.75 Å². The predicted octanol–water partition coefficient (Wildman–Crippen LogP) is 2.95. The van der Waals surface area contributed by atoms with Crippen LogP contribution in [0.2, 0.25) is 0 Å². The minimum absolute atomic E-state index is 0.0446. The zero-order valence-electron chi connectivity index (χ0n) is 13.8. The summed E-state index contributed by atoms with van der Waals surface area (Å²) in [6.45, 7) is 2.42. The summed E-state index contributed by atoms with van der Waals surface area (Å²) in [4.78, 5) is 22.7. The number of ether oxygens (including phenoxy) is 1. The Morgan fingerprint density at radius 3 is 2.38 bits per heavy atom. The van der Waals surface area contributed by atoms with Gasteiger partial charge in [-0.25, -0.2) is 4.79 Å². The van der Waals surface area contributed by atoms with E-state index in [9.17, 15) is 9.59 Å². The number of amides is 1. The molecule has 0 bridgehead atoms. The summed E-state index contributed by atoms with van der Waals surface area (Å²) >= 11 is 0. The summed E-state index contributed by atoms with van der Waals surface area (Å²) in [5.74, 6) is -0.190. The highest BCUT2D eigenvalue weighted by Crippen LogP contribution is 2.18. The molecule has 0 aromatic heterocycles. The van der Waals surface area contributed by atoms with Crippen molar-refractivity contribution in [1.29, 1.82) is 0 Å². The second-order valence-electron chi connectivity index (χ2n) is 5.58. The molecule has 0 saturated heterocycles. The van der Waals surface area contributed by atoms with Crippen LogP contribution < -0.4 is 10.1 Å². The number of aromatic carboxylic acids is 1. The molecule has 0 heterocycles. The van der Waals surface area contributed by atoms with E-state index in [0.717, 1.165) is 22.4 Å². The van der Waals surface area contributed by atoms with Crippen molar-refractivity contribution in [2.45, 2.75) is 26.3 Å². The molecule has 24 heavy (non-hydrogen) atoms. The van der Waals surface area contributed by atoms with Crippen LogP contribution in [0.3, 0.4) is 0 Å². The summed E-state index contributed by atoms with van der Waals surface area (Å²) < 4.78 is 5.27. The fraction of sp³-hybridized carbons (Fsp3) is 0.263. The van der Waals surface area contributed by atoms with Crippen LogP contribution in [-0.4, -0.2) is 24.1 Å². The molecule has 0 aliphatic carbocycles. The third-order valence-corrected chi connectivity index (χ3v) is 3.80.